The van der Waals surface area contributed by atoms with Crippen LogP contribution in [0.25, 0.3) is 17.1 Å². The van der Waals surface area contributed by atoms with Crippen LogP contribution in [0.4, 0.5) is 0 Å². The van der Waals surface area contributed by atoms with Gasteiger partial charge in [0.05, 0.1) is 61.8 Å². The normalized spacial score (nSPS) is 16.0. The molecule has 0 bridgehead atoms. The predicted molar refractivity (Wildman–Crippen MR) is 119 cm³/mol. The van der Waals surface area contributed by atoms with Crippen molar-refractivity contribution in [2.45, 2.75) is 12.5 Å². The van der Waals surface area contributed by atoms with Crippen molar-refractivity contribution in [2.75, 3.05) is 26.9 Å². The van der Waals surface area contributed by atoms with E-state index in [-0.39, 0.29) is 11.9 Å². The van der Waals surface area contributed by atoms with Crippen LogP contribution in [0.3, 0.4) is 0 Å². The number of hydrogen-bond donors (Lipinski definition) is 0. The molecule has 168 valence electrons. The average Bonchev–Trinajstić information content (AvgIpc) is 3.59. The van der Waals surface area contributed by atoms with Crippen LogP contribution in [0.1, 0.15) is 15.9 Å². The number of amides is 1. The summed E-state index contributed by atoms with van der Waals surface area (Å²) >= 11 is 0. The molecular formula is C24H23N5O4. The van der Waals surface area contributed by atoms with E-state index in [4.69, 9.17) is 13.9 Å². The molecule has 0 spiro atoms. The summed E-state index contributed by atoms with van der Waals surface area (Å²) in [6.07, 6.45) is 6.93. The van der Waals surface area contributed by atoms with Crippen LogP contribution in [0, 0.1) is 0 Å². The van der Waals surface area contributed by atoms with Crippen molar-refractivity contribution in [1.29, 1.82) is 0 Å². The van der Waals surface area contributed by atoms with Crippen LogP contribution in [0.15, 0.2) is 71.7 Å². The highest BCUT2D eigenvalue weighted by molar-refractivity contribution is 5.98. The average molecular weight is 445 g/mol. The molecule has 0 aliphatic carbocycles. The van der Waals surface area contributed by atoms with E-state index >= 15 is 0 Å². The number of aromatic nitrogens is 4. The minimum atomic E-state index is -0.129. The fourth-order valence-corrected chi connectivity index (χ4v) is 4.09. The lowest BCUT2D eigenvalue weighted by Gasteiger charge is -2.36. The quantitative estimate of drug-likeness (QED) is 0.450. The highest BCUT2D eigenvalue weighted by Gasteiger charge is 2.30. The van der Waals surface area contributed by atoms with Crippen molar-refractivity contribution in [3.8, 4) is 22.9 Å². The minimum absolute atomic E-state index is 0.0716. The van der Waals surface area contributed by atoms with Gasteiger partial charge in [-0.15, -0.1) is 0 Å². The second kappa shape index (κ2) is 9.25. The van der Waals surface area contributed by atoms with Gasteiger partial charge in [0.1, 0.15) is 12.0 Å². The van der Waals surface area contributed by atoms with Crippen LogP contribution in [0.5, 0.6) is 5.75 Å². The van der Waals surface area contributed by atoms with Crippen molar-refractivity contribution in [3.05, 3.63) is 78.4 Å². The Hall–Kier alpha value is -3.98. The topological polar surface area (TPSA) is 95.5 Å². The van der Waals surface area contributed by atoms with Crippen molar-refractivity contribution in [1.82, 2.24) is 24.9 Å². The van der Waals surface area contributed by atoms with Gasteiger partial charge in [0.25, 0.3) is 5.91 Å². The number of oxazole rings is 1. The molecule has 5 rings (SSSR count). The summed E-state index contributed by atoms with van der Waals surface area (Å²) in [7, 11) is 1.61. The molecular weight excluding hydrogens is 422 g/mol. The summed E-state index contributed by atoms with van der Waals surface area (Å²) in [4.78, 5) is 21.2. The molecule has 1 unspecified atom stereocenters. The van der Waals surface area contributed by atoms with Gasteiger partial charge in [0.15, 0.2) is 0 Å². The van der Waals surface area contributed by atoms with E-state index in [1.165, 1.54) is 11.1 Å². The van der Waals surface area contributed by atoms with Crippen LogP contribution in [-0.2, 0) is 11.2 Å². The number of rotatable bonds is 6. The second-order valence-electron chi connectivity index (χ2n) is 7.64. The summed E-state index contributed by atoms with van der Waals surface area (Å²) in [5.74, 6) is 1.09. The Morgan fingerprint density at radius 1 is 1.15 bits per heavy atom. The number of carbonyl (C=O) groups is 1. The highest BCUT2D eigenvalue weighted by atomic mass is 16.5. The van der Waals surface area contributed by atoms with Crippen LogP contribution < -0.4 is 4.74 Å². The molecule has 1 fully saturated rings. The van der Waals surface area contributed by atoms with Gasteiger partial charge in [-0.05, 0) is 36.2 Å². The van der Waals surface area contributed by atoms with Gasteiger partial charge in [-0.25, -0.2) is 4.98 Å². The fourth-order valence-electron chi connectivity index (χ4n) is 4.09. The molecule has 0 N–H and O–H groups in total. The van der Waals surface area contributed by atoms with Gasteiger partial charge in [0.2, 0.25) is 5.89 Å². The number of para-hydroxylation sites is 1. The number of morpholine rings is 1. The highest BCUT2D eigenvalue weighted by Crippen LogP contribution is 2.31. The monoisotopic (exact) mass is 445 g/mol. The third-order valence-corrected chi connectivity index (χ3v) is 5.66. The first-order chi connectivity index (χ1) is 16.2. The Kier molecular flexibility index (Phi) is 5.86. The van der Waals surface area contributed by atoms with E-state index < -0.39 is 0 Å². The molecule has 0 radical (unpaired) electrons. The first-order valence-corrected chi connectivity index (χ1v) is 10.7. The van der Waals surface area contributed by atoms with Gasteiger partial charge in [-0.2, -0.15) is 15.0 Å². The summed E-state index contributed by atoms with van der Waals surface area (Å²) in [6.45, 7) is 1.45. The van der Waals surface area contributed by atoms with Crippen molar-refractivity contribution >= 4 is 5.91 Å². The standard InChI is InChI=1S/C24H23N5O4/c1-31-22-7-6-17(15-20(22)23-25-10-12-33-23)14-18-16-32-13-11-28(18)24(30)19-4-2-3-5-21(19)29-26-8-9-27-29/h2-10,12,15,18H,11,13-14,16H2,1H3. The Labute approximate surface area is 190 Å². The summed E-state index contributed by atoms with van der Waals surface area (Å²) in [5.41, 5.74) is 2.99. The molecule has 9 heteroatoms. The molecule has 1 aliphatic rings. The summed E-state index contributed by atoms with van der Waals surface area (Å²) in [5, 5.41) is 8.39. The molecule has 1 aliphatic heterocycles. The molecule has 9 nitrogen and oxygen atoms in total. The van der Waals surface area contributed by atoms with E-state index in [1.54, 1.807) is 25.7 Å². The molecule has 33 heavy (non-hydrogen) atoms. The fraction of sp³-hybridized carbons (Fsp3) is 0.250. The third-order valence-electron chi connectivity index (χ3n) is 5.66. The Bertz CT molecular complexity index is 1220. The van der Waals surface area contributed by atoms with Gasteiger partial charge < -0.3 is 18.8 Å². The second-order valence-corrected chi connectivity index (χ2v) is 7.64. The minimum Gasteiger partial charge on any atom is -0.496 e. The Balaban J connectivity index is 1.43. The zero-order chi connectivity index (χ0) is 22.6. The molecule has 0 saturated carbocycles. The Morgan fingerprint density at radius 3 is 2.79 bits per heavy atom. The van der Waals surface area contributed by atoms with E-state index in [0.717, 1.165) is 11.1 Å². The maximum atomic E-state index is 13.6. The third kappa shape index (κ3) is 4.22. The SMILES string of the molecule is COc1ccc(CC2COCCN2C(=O)c2ccccc2-n2nccn2)cc1-c1ncco1. The number of benzene rings is 2. The van der Waals surface area contributed by atoms with Gasteiger partial charge in [-0.3, -0.25) is 4.79 Å². The molecule has 3 heterocycles. The first kappa shape index (κ1) is 20.9. The van der Waals surface area contributed by atoms with Crippen LogP contribution in [0.2, 0.25) is 0 Å². The first-order valence-electron chi connectivity index (χ1n) is 10.7. The van der Waals surface area contributed by atoms with Gasteiger partial charge >= 0.3 is 0 Å². The lowest BCUT2D eigenvalue weighted by molar-refractivity contribution is -0.00165. The smallest absolute Gasteiger partial charge is 0.256 e. The van der Waals surface area contributed by atoms with Crippen molar-refractivity contribution in [3.63, 3.8) is 0 Å². The molecule has 2 aromatic carbocycles. The Morgan fingerprint density at radius 2 is 2.00 bits per heavy atom. The van der Waals surface area contributed by atoms with Crippen LogP contribution >= 0.6 is 0 Å². The van der Waals surface area contributed by atoms with E-state index in [9.17, 15) is 4.79 Å². The molecule has 1 atom stereocenters. The van der Waals surface area contributed by atoms with E-state index in [1.807, 2.05) is 47.4 Å². The van der Waals surface area contributed by atoms with Crippen LogP contribution in [-0.4, -0.2) is 63.7 Å². The number of ether oxygens (including phenoxy) is 2. The number of nitrogens with zero attached hydrogens (tertiary/aromatic N) is 5. The van der Waals surface area contributed by atoms with Crippen molar-refractivity contribution in [2.24, 2.45) is 0 Å². The maximum Gasteiger partial charge on any atom is 0.256 e. The largest absolute Gasteiger partial charge is 0.496 e. The zero-order valence-electron chi connectivity index (χ0n) is 18.1. The summed E-state index contributed by atoms with van der Waals surface area (Å²) in [6, 6.07) is 13.1. The number of carbonyl (C=O) groups excluding carboxylic acids is 1. The maximum absolute atomic E-state index is 13.6. The molecule has 4 aromatic rings. The lowest BCUT2D eigenvalue weighted by atomic mass is 10.00. The zero-order valence-corrected chi connectivity index (χ0v) is 18.1. The number of hydrogen-bond acceptors (Lipinski definition) is 7. The molecule has 2 aromatic heterocycles. The predicted octanol–water partition coefficient (Wildman–Crippen LogP) is 3.01. The van der Waals surface area contributed by atoms with Crippen molar-refractivity contribution < 1.29 is 18.7 Å². The van der Waals surface area contributed by atoms with E-state index in [0.29, 0.717) is 49.1 Å². The van der Waals surface area contributed by atoms with Gasteiger partial charge in [0, 0.05) is 6.54 Å². The summed E-state index contributed by atoms with van der Waals surface area (Å²) < 4.78 is 16.7. The number of methoxy groups -OCH3 is 1. The van der Waals surface area contributed by atoms with E-state index in [2.05, 4.69) is 15.2 Å². The molecule has 1 amide bonds. The molecule has 1 saturated heterocycles. The lowest BCUT2D eigenvalue weighted by Crippen LogP contribution is -2.50. The van der Waals surface area contributed by atoms with Gasteiger partial charge in [-0.1, -0.05) is 18.2 Å².